The van der Waals surface area contributed by atoms with Crippen LogP contribution in [0.4, 0.5) is 0 Å². The molecular weight excluding hydrogens is 358 g/mol. The van der Waals surface area contributed by atoms with Gasteiger partial charge in [-0.05, 0) is 32.5 Å². The molecule has 0 saturated carbocycles. The van der Waals surface area contributed by atoms with Crippen molar-refractivity contribution >= 4 is 37.3 Å². The number of carbonyl (C=O) groups is 1. The molecule has 0 aliphatic carbocycles. The highest BCUT2D eigenvalue weighted by Gasteiger charge is 2.34. The van der Waals surface area contributed by atoms with Crippen molar-refractivity contribution in [2.24, 2.45) is 0 Å². The molecule has 2 heterocycles. The second kappa shape index (κ2) is 7.01. The molecule has 1 aliphatic heterocycles. The average molecular weight is 382 g/mol. The normalized spacial score (nSPS) is 20.9. The van der Waals surface area contributed by atoms with E-state index in [0.29, 0.717) is 13.0 Å². The van der Waals surface area contributed by atoms with Gasteiger partial charge < -0.3 is 4.90 Å². The van der Waals surface area contributed by atoms with Crippen molar-refractivity contribution < 1.29 is 13.2 Å². The van der Waals surface area contributed by atoms with Gasteiger partial charge in [-0.3, -0.25) is 9.69 Å². The molecule has 0 radical (unpaired) electrons. The average Bonchev–Trinajstić information content (AvgIpc) is 3.14. The van der Waals surface area contributed by atoms with Crippen LogP contribution in [0.2, 0.25) is 0 Å². The second-order valence-electron chi connectivity index (χ2n) is 6.67. The second-order valence-corrected chi connectivity index (χ2v) is 10.0. The molecule has 0 unspecified atom stereocenters. The van der Waals surface area contributed by atoms with Crippen LogP contribution in [0.3, 0.4) is 0 Å². The Bertz CT molecular complexity index is 845. The van der Waals surface area contributed by atoms with Crippen LogP contribution >= 0.6 is 11.3 Å². The maximum atomic E-state index is 12.7. The molecule has 1 saturated heterocycles. The summed E-state index contributed by atoms with van der Waals surface area (Å²) in [5.74, 6) is 0.195. The number of likely N-dealkylation sites (N-methyl/N-ethyl adjacent to an activating group) is 2. The Morgan fingerprint density at radius 1 is 1.36 bits per heavy atom. The standard InChI is InChI=1S/C17H23N3O3S2/c1-12(17(21)20(3)13-8-9-25(22,23)11-13)19(2)10-16-18-14-6-4-5-7-15(14)24-16/h4-7,12-13H,8-11H2,1-3H3/t12-,13+/m1/s1. The van der Waals surface area contributed by atoms with Crippen molar-refractivity contribution in [1.82, 2.24) is 14.8 Å². The number of carbonyl (C=O) groups excluding carboxylic acids is 1. The number of rotatable bonds is 5. The first-order valence-electron chi connectivity index (χ1n) is 8.28. The smallest absolute Gasteiger partial charge is 0.239 e. The van der Waals surface area contributed by atoms with Gasteiger partial charge in [0.1, 0.15) is 5.01 Å². The van der Waals surface area contributed by atoms with E-state index < -0.39 is 9.84 Å². The zero-order valence-corrected chi connectivity index (χ0v) is 16.3. The zero-order chi connectivity index (χ0) is 18.2. The number of thiazole rings is 1. The third kappa shape index (κ3) is 4.02. The van der Waals surface area contributed by atoms with Gasteiger partial charge in [0.15, 0.2) is 9.84 Å². The Balaban J connectivity index is 1.64. The quantitative estimate of drug-likeness (QED) is 0.789. The van der Waals surface area contributed by atoms with Gasteiger partial charge in [-0.1, -0.05) is 12.1 Å². The van der Waals surface area contributed by atoms with Gasteiger partial charge in [-0.25, -0.2) is 13.4 Å². The lowest BCUT2D eigenvalue weighted by Gasteiger charge is -2.30. The number of benzene rings is 1. The first kappa shape index (κ1) is 18.3. The van der Waals surface area contributed by atoms with Gasteiger partial charge >= 0.3 is 0 Å². The molecule has 1 fully saturated rings. The van der Waals surface area contributed by atoms with E-state index in [2.05, 4.69) is 4.98 Å². The molecule has 2 atom stereocenters. The number of para-hydroxylation sites is 1. The summed E-state index contributed by atoms with van der Waals surface area (Å²) in [6, 6.07) is 7.44. The Kier molecular flexibility index (Phi) is 5.13. The first-order chi connectivity index (χ1) is 11.8. The largest absolute Gasteiger partial charge is 0.340 e. The molecule has 1 amide bonds. The molecule has 0 N–H and O–H groups in total. The van der Waals surface area contributed by atoms with Crippen LogP contribution in [-0.2, 0) is 21.2 Å². The van der Waals surface area contributed by atoms with Crippen molar-refractivity contribution in [1.29, 1.82) is 0 Å². The number of aromatic nitrogens is 1. The van der Waals surface area contributed by atoms with Crippen molar-refractivity contribution in [3.8, 4) is 0 Å². The predicted octanol–water partition coefficient (Wildman–Crippen LogP) is 1.76. The van der Waals surface area contributed by atoms with E-state index in [-0.39, 0.29) is 29.5 Å². The molecule has 6 nitrogen and oxygen atoms in total. The molecule has 0 spiro atoms. The van der Waals surface area contributed by atoms with Crippen LogP contribution in [0.25, 0.3) is 10.2 Å². The summed E-state index contributed by atoms with van der Waals surface area (Å²) in [6.45, 7) is 2.44. The zero-order valence-electron chi connectivity index (χ0n) is 14.7. The lowest BCUT2D eigenvalue weighted by molar-refractivity contribution is -0.136. The van der Waals surface area contributed by atoms with E-state index in [9.17, 15) is 13.2 Å². The summed E-state index contributed by atoms with van der Waals surface area (Å²) in [4.78, 5) is 20.9. The minimum atomic E-state index is -3.00. The van der Waals surface area contributed by atoms with Crippen molar-refractivity contribution in [3.05, 3.63) is 29.3 Å². The van der Waals surface area contributed by atoms with Crippen LogP contribution in [0.5, 0.6) is 0 Å². The highest BCUT2D eigenvalue weighted by Crippen LogP contribution is 2.23. The summed E-state index contributed by atoms with van der Waals surface area (Å²) in [5, 5.41) is 0.967. The van der Waals surface area contributed by atoms with Gasteiger partial charge in [-0.2, -0.15) is 0 Å². The molecule has 8 heteroatoms. The molecule has 136 valence electrons. The van der Waals surface area contributed by atoms with E-state index >= 15 is 0 Å². The van der Waals surface area contributed by atoms with E-state index in [0.717, 1.165) is 15.2 Å². The van der Waals surface area contributed by atoms with E-state index in [4.69, 9.17) is 0 Å². The molecule has 1 aliphatic rings. The number of amides is 1. The molecule has 2 aromatic rings. The Labute approximate surface area is 152 Å². The highest BCUT2D eigenvalue weighted by molar-refractivity contribution is 7.91. The van der Waals surface area contributed by atoms with Gasteiger partial charge in [0.2, 0.25) is 5.91 Å². The summed E-state index contributed by atoms with van der Waals surface area (Å²) < 4.78 is 24.4. The van der Waals surface area contributed by atoms with Gasteiger partial charge in [0, 0.05) is 13.1 Å². The molecule has 1 aromatic heterocycles. The van der Waals surface area contributed by atoms with Crippen molar-refractivity contribution in [2.45, 2.75) is 32.0 Å². The van der Waals surface area contributed by atoms with Crippen molar-refractivity contribution in [2.75, 3.05) is 25.6 Å². The minimum absolute atomic E-state index is 0.0503. The fraction of sp³-hybridized carbons (Fsp3) is 0.529. The van der Waals surface area contributed by atoms with Crippen LogP contribution in [0.15, 0.2) is 24.3 Å². The molecule has 0 bridgehead atoms. The third-order valence-corrected chi connectivity index (χ3v) is 7.62. The minimum Gasteiger partial charge on any atom is -0.340 e. The van der Waals surface area contributed by atoms with Gasteiger partial charge in [-0.15, -0.1) is 11.3 Å². The lowest BCUT2D eigenvalue weighted by Crippen LogP contribution is -2.48. The summed E-state index contributed by atoms with van der Waals surface area (Å²) in [7, 11) is 0.602. The Hall–Kier alpha value is -1.51. The summed E-state index contributed by atoms with van der Waals surface area (Å²) in [6.07, 6.45) is 0.527. The molecule has 1 aromatic carbocycles. The fourth-order valence-electron chi connectivity index (χ4n) is 3.08. The SMILES string of the molecule is C[C@H](C(=O)N(C)[C@H]1CCS(=O)(=O)C1)N(C)Cc1nc2ccccc2s1. The fourth-order valence-corrected chi connectivity index (χ4v) is 5.89. The topological polar surface area (TPSA) is 70.6 Å². The highest BCUT2D eigenvalue weighted by atomic mass is 32.2. The van der Waals surface area contributed by atoms with E-state index in [1.54, 1.807) is 23.3 Å². The number of fused-ring (bicyclic) bond motifs is 1. The summed E-state index contributed by atoms with van der Waals surface area (Å²) >= 11 is 1.63. The van der Waals surface area contributed by atoms with Crippen LogP contribution in [0, 0.1) is 0 Å². The third-order valence-electron chi connectivity index (χ3n) is 4.85. The maximum absolute atomic E-state index is 12.7. The number of hydrogen-bond donors (Lipinski definition) is 0. The monoisotopic (exact) mass is 381 g/mol. The van der Waals surface area contributed by atoms with E-state index in [1.165, 1.54) is 0 Å². The van der Waals surface area contributed by atoms with Gasteiger partial charge in [0.05, 0.1) is 34.3 Å². The maximum Gasteiger partial charge on any atom is 0.239 e. The van der Waals surface area contributed by atoms with Crippen molar-refractivity contribution in [3.63, 3.8) is 0 Å². The van der Waals surface area contributed by atoms with E-state index in [1.807, 2.05) is 43.1 Å². The number of nitrogens with zero attached hydrogens (tertiary/aromatic N) is 3. The molecule has 3 rings (SSSR count). The number of sulfone groups is 1. The predicted molar refractivity (Wildman–Crippen MR) is 100 cm³/mol. The van der Waals surface area contributed by atoms with Crippen LogP contribution < -0.4 is 0 Å². The molecular formula is C17H23N3O3S2. The molecule has 25 heavy (non-hydrogen) atoms. The van der Waals surface area contributed by atoms with Gasteiger partial charge in [0.25, 0.3) is 0 Å². The lowest BCUT2D eigenvalue weighted by atomic mass is 10.2. The Morgan fingerprint density at radius 3 is 2.72 bits per heavy atom. The number of hydrogen-bond acceptors (Lipinski definition) is 6. The first-order valence-corrected chi connectivity index (χ1v) is 10.9. The van der Waals surface area contributed by atoms with Crippen LogP contribution in [0.1, 0.15) is 18.4 Å². The Morgan fingerprint density at radius 2 is 2.08 bits per heavy atom. The van der Waals surface area contributed by atoms with Crippen LogP contribution in [-0.4, -0.2) is 66.8 Å². The summed E-state index contributed by atoms with van der Waals surface area (Å²) in [5.41, 5.74) is 0.975.